The summed E-state index contributed by atoms with van der Waals surface area (Å²) in [7, 11) is 0. The zero-order valence-corrected chi connectivity index (χ0v) is 10.8. The first-order valence-corrected chi connectivity index (χ1v) is 5.74. The van der Waals surface area contributed by atoms with E-state index in [1.165, 1.54) is 6.07 Å². The number of nitrogens with one attached hydrogen (secondary N) is 1. The van der Waals surface area contributed by atoms with Crippen LogP contribution in [0.1, 0.15) is 0 Å². The van der Waals surface area contributed by atoms with Crippen molar-refractivity contribution in [2.45, 2.75) is 0 Å². The number of aromatic amines is 1. The summed E-state index contributed by atoms with van der Waals surface area (Å²) in [6.07, 6.45) is 0. The summed E-state index contributed by atoms with van der Waals surface area (Å²) >= 11 is 8.36. The minimum atomic E-state index is -1.31. The molecule has 0 amide bonds. The molecule has 94 valence electrons. The van der Waals surface area contributed by atoms with Crippen LogP contribution in [0.15, 0.2) is 32.3 Å². The lowest BCUT2D eigenvalue weighted by molar-refractivity contribution is 0.582. The van der Waals surface area contributed by atoms with Crippen LogP contribution in [0.5, 0.6) is 0 Å². The third-order valence-corrected chi connectivity index (χ3v) is 3.08. The van der Waals surface area contributed by atoms with Crippen molar-refractivity contribution in [3.63, 3.8) is 0 Å². The van der Waals surface area contributed by atoms with Crippen LogP contribution in [0, 0.1) is 11.6 Å². The van der Waals surface area contributed by atoms with Gasteiger partial charge in [0.1, 0.15) is 5.82 Å². The molecule has 1 aromatic carbocycles. The molecule has 0 aliphatic carbocycles. The molecule has 0 aliphatic heterocycles. The van der Waals surface area contributed by atoms with E-state index in [0.717, 1.165) is 12.1 Å². The fraction of sp³-hybridized carbons (Fsp3) is 0. The first-order valence-electron chi connectivity index (χ1n) is 4.57. The van der Waals surface area contributed by atoms with Crippen molar-refractivity contribution in [2.75, 3.05) is 0 Å². The number of rotatable bonds is 1. The van der Waals surface area contributed by atoms with Crippen LogP contribution >= 0.6 is 27.5 Å². The molecule has 0 radical (unpaired) electrons. The van der Waals surface area contributed by atoms with Gasteiger partial charge >= 0.3 is 5.69 Å². The minimum absolute atomic E-state index is 0.114. The molecule has 18 heavy (non-hydrogen) atoms. The average Bonchev–Trinajstić information content (AvgIpc) is 2.31. The largest absolute Gasteiger partial charge is 0.334 e. The predicted molar refractivity (Wildman–Crippen MR) is 65.3 cm³/mol. The Morgan fingerprint density at radius 1 is 1.28 bits per heavy atom. The van der Waals surface area contributed by atoms with Crippen molar-refractivity contribution in [1.82, 2.24) is 9.55 Å². The molecule has 0 saturated heterocycles. The second-order valence-corrected chi connectivity index (χ2v) is 4.53. The molecule has 0 bridgehead atoms. The number of nitrogens with zero attached hydrogens (tertiary/aromatic N) is 1. The summed E-state index contributed by atoms with van der Waals surface area (Å²) in [5.41, 5.74) is -2.33. The maximum absolute atomic E-state index is 13.3. The molecular formula is C10H4BrClF2N2O2. The highest BCUT2D eigenvalue weighted by Gasteiger charge is 2.16. The van der Waals surface area contributed by atoms with E-state index in [9.17, 15) is 18.4 Å². The minimum Gasteiger partial charge on any atom is -0.295 e. The van der Waals surface area contributed by atoms with Gasteiger partial charge in [-0.2, -0.15) is 4.39 Å². The van der Waals surface area contributed by atoms with Crippen LogP contribution in [0.4, 0.5) is 8.78 Å². The van der Waals surface area contributed by atoms with E-state index in [4.69, 9.17) is 11.6 Å². The molecule has 1 N–H and O–H groups in total. The molecule has 4 nitrogen and oxygen atoms in total. The van der Waals surface area contributed by atoms with E-state index >= 15 is 0 Å². The van der Waals surface area contributed by atoms with Crippen LogP contribution < -0.4 is 11.2 Å². The van der Waals surface area contributed by atoms with E-state index in [2.05, 4.69) is 15.9 Å². The number of H-pyrrole nitrogens is 1. The molecule has 0 fully saturated rings. The summed E-state index contributed by atoms with van der Waals surface area (Å²) in [6.45, 7) is 0. The normalized spacial score (nSPS) is 10.7. The van der Waals surface area contributed by atoms with Crippen molar-refractivity contribution in [1.29, 1.82) is 0 Å². The number of hydrogen-bond acceptors (Lipinski definition) is 2. The quantitative estimate of drug-likeness (QED) is 0.811. The molecular weight excluding hydrogens is 333 g/mol. The molecule has 1 heterocycles. The highest BCUT2D eigenvalue weighted by atomic mass is 79.9. The fourth-order valence-electron chi connectivity index (χ4n) is 1.36. The first kappa shape index (κ1) is 13.0. The number of benzene rings is 1. The lowest BCUT2D eigenvalue weighted by Gasteiger charge is -2.07. The summed E-state index contributed by atoms with van der Waals surface area (Å²) in [5.74, 6) is -1.98. The molecule has 2 aromatic rings. The maximum atomic E-state index is 13.3. The third-order valence-electron chi connectivity index (χ3n) is 2.15. The Hall–Kier alpha value is -1.47. The van der Waals surface area contributed by atoms with Gasteiger partial charge < -0.3 is 0 Å². The smallest absolute Gasteiger partial charge is 0.295 e. The summed E-state index contributed by atoms with van der Waals surface area (Å²) < 4.78 is 27.2. The number of halogens is 4. The van der Waals surface area contributed by atoms with Crippen LogP contribution in [-0.2, 0) is 0 Å². The Bertz CT molecular complexity index is 742. The van der Waals surface area contributed by atoms with Gasteiger partial charge in [-0.25, -0.2) is 13.8 Å². The monoisotopic (exact) mass is 336 g/mol. The Labute approximate surface area is 112 Å². The highest BCUT2D eigenvalue weighted by Crippen LogP contribution is 2.20. The summed E-state index contributed by atoms with van der Waals surface area (Å²) in [4.78, 5) is 25.2. The molecule has 0 spiro atoms. The van der Waals surface area contributed by atoms with Crippen LogP contribution in [0.2, 0.25) is 5.15 Å². The van der Waals surface area contributed by atoms with Crippen molar-refractivity contribution in [3.05, 3.63) is 60.3 Å². The maximum Gasteiger partial charge on any atom is 0.334 e. The first-order chi connectivity index (χ1) is 8.41. The Morgan fingerprint density at radius 2 is 1.94 bits per heavy atom. The molecule has 0 saturated carbocycles. The topological polar surface area (TPSA) is 54.9 Å². The van der Waals surface area contributed by atoms with E-state index in [1.54, 1.807) is 0 Å². The molecule has 1 aromatic heterocycles. The molecule has 2 rings (SSSR count). The van der Waals surface area contributed by atoms with Gasteiger partial charge in [-0.1, -0.05) is 11.6 Å². The van der Waals surface area contributed by atoms with Gasteiger partial charge in [0.15, 0.2) is 5.15 Å². The SMILES string of the molecule is O=c1[nH]c(Cl)c(F)c(=O)n1-c1cc(F)ccc1Br. The van der Waals surface area contributed by atoms with Gasteiger partial charge in [-0.15, -0.1) is 0 Å². The Kier molecular flexibility index (Phi) is 3.36. The van der Waals surface area contributed by atoms with E-state index in [-0.39, 0.29) is 10.2 Å². The van der Waals surface area contributed by atoms with Crippen LogP contribution in [-0.4, -0.2) is 9.55 Å². The highest BCUT2D eigenvalue weighted by molar-refractivity contribution is 9.10. The lowest BCUT2D eigenvalue weighted by atomic mass is 10.3. The van der Waals surface area contributed by atoms with E-state index < -0.39 is 28.0 Å². The Morgan fingerprint density at radius 3 is 2.61 bits per heavy atom. The van der Waals surface area contributed by atoms with Crippen LogP contribution in [0.3, 0.4) is 0 Å². The standard InChI is InChI=1S/C10H4BrClF2N2O2/c11-5-2-1-4(13)3-6(5)16-9(17)7(14)8(12)15-10(16)18/h1-3H,(H,15,18). The average molecular weight is 338 g/mol. The summed E-state index contributed by atoms with van der Waals surface area (Å²) in [5, 5.41) is -0.686. The van der Waals surface area contributed by atoms with Gasteiger partial charge in [-0.05, 0) is 34.1 Å². The predicted octanol–water partition coefficient (Wildman–Crippen LogP) is 2.22. The number of hydrogen-bond donors (Lipinski definition) is 1. The van der Waals surface area contributed by atoms with Gasteiger partial charge in [-0.3, -0.25) is 9.78 Å². The molecule has 0 aliphatic rings. The Balaban J connectivity index is 2.88. The van der Waals surface area contributed by atoms with Crippen LogP contribution in [0.25, 0.3) is 5.69 Å². The molecule has 0 unspecified atom stereocenters. The van der Waals surface area contributed by atoms with E-state index in [1.807, 2.05) is 4.98 Å². The summed E-state index contributed by atoms with van der Waals surface area (Å²) in [6, 6.07) is 3.34. The second-order valence-electron chi connectivity index (χ2n) is 3.29. The third kappa shape index (κ3) is 2.11. The van der Waals surface area contributed by atoms with Crippen molar-refractivity contribution >= 4 is 27.5 Å². The van der Waals surface area contributed by atoms with Gasteiger partial charge in [0, 0.05) is 4.47 Å². The van der Waals surface area contributed by atoms with Gasteiger partial charge in [0.25, 0.3) is 5.56 Å². The van der Waals surface area contributed by atoms with Crippen molar-refractivity contribution < 1.29 is 8.78 Å². The zero-order valence-electron chi connectivity index (χ0n) is 8.51. The van der Waals surface area contributed by atoms with Gasteiger partial charge in [0.05, 0.1) is 5.69 Å². The second kappa shape index (κ2) is 4.66. The fourth-order valence-corrected chi connectivity index (χ4v) is 1.95. The van der Waals surface area contributed by atoms with Crippen molar-refractivity contribution in [2.24, 2.45) is 0 Å². The molecule has 0 atom stereocenters. The number of aromatic nitrogens is 2. The zero-order chi connectivity index (χ0) is 13.4. The van der Waals surface area contributed by atoms with E-state index in [0.29, 0.717) is 4.57 Å². The lowest BCUT2D eigenvalue weighted by Crippen LogP contribution is -2.36. The van der Waals surface area contributed by atoms with Crippen molar-refractivity contribution in [3.8, 4) is 5.69 Å². The van der Waals surface area contributed by atoms with Gasteiger partial charge in [0.2, 0.25) is 5.82 Å². The molecule has 8 heteroatoms.